The molecule has 0 bridgehead atoms. The van der Waals surface area contributed by atoms with E-state index in [1.54, 1.807) is 10.6 Å². The molecular weight excluding hydrogens is 159 g/mol. The maximum absolute atomic E-state index is 12.6. The molecule has 1 N–H and O–H groups in total. The molecule has 0 aliphatic rings. The molecule has 0 saturated carbocycles. The van der Waals surface area contributed by atoms with Gasteiger partial charge in [-0.1, -0.05) is 0 Å². The van der Waals surface area contributed by atoms with E-state index in [-0.39, 0.29) is 12.4 Å². The van der Waals surface area contributed by atoms with Crippen molar-refractivity contribution in [1.29, 1.82) is 0 Å². The van der Waals surface area contributed by atoms with Crippen LogP contribution in [0.4, 0.5) is 4.39 Å². The summed E-state index contributed by atoms with van der Waals surface area (Å²) in [5, 5.41) is 8.82. The molecule has 4 heteroatoms. The highest BCUT2D eigenvalue weighted by Gasteiger charge is 2.01. The standard InChI is InChI=1S/C8H7FN2O/c9-6-1-2-11-7(3-6)4-10-8(11)5-12/h1-4,12H,5H2. The molecule has 2 heterocycles. The van der Waals surface area contributed by atoms with Gasteiger partial charge >= 0.3 is 0 Å². The summed E-state index contributed by atoms with van der Waals surface area (Å²) in [6.07, 6.45) is 3.07. The van der Waals surface area contributed by atoms with Crippen LogP contribution in [0.15, 0.2) is 24.5 Å². The minimum Gasteiger partial charge on any atom is -0.388 e. The molecule has 0 atom stereocenters. The Labute approximate surface area is 68.1 Å². The molecule has 62 valence electrons. The van der Waals surface area contributed by atoms with Crippen molar-refractivity contribution >= 4 is 5.52 Å². The summed E-state index contributed by atoms with van der Waals surface area (Å²) < 4.78 is 14.3. The number of aromatic nitrogens is 2. The van der Waals surface area contributed by atoms with E-state index < -0.39 is 0 Å². The topological polar surface area (TPSA) is 37.5 Å². The van der Waals surface area contributed by atoms with Gasteiger partial charge in [-0.15, -0.1) is 0 Å². The number of pyridine rings is 1. The summed E-state index contributed by atoms with van der Waals surface area (Å²) in [4.78, 5) is 3.90. The first kappa shape index (κ1) is 7.24. The van der Waals surface area contributed by atoms with Crippen LogP contribution in [-0.2, 0) is 6.61 Å². The molecule has 12 heavy (non-hydrogen) atoms. The minimum atomic E-state index is -0.299. The summed E-state index contributed by atoms with van der Waals surface area (Å²) in [7, 11) is 0. The van der Waals surface area contributed by atoms with Crippen LogP contribution in [0.2, 0.25) is 0 Å². The number of aliphatic hydroxyl groups excluding tert-OH is 1. The predicted molar refractivity (Wildman–Crippen MR) is 41.1 cm³/mol. The van der Waals surface area contributed by atoms with E-state index in [1.807, 2.05) is 0 Å². The molecule has 2 rings (SSSR count). The van der Waals surface area contributed by atoms with Gasteiger partial charge < -0.3 is 9.51 Å². The fourth-order valence-electron chi connectivity index (χ4n) is 1.15. The van der Waals surface area contributed by atoms with E-state index in [2.05, 4.69) is 4.98 Å². The molecule has 2 aromatic heterocycles. The van der Waals surface area contributed by atoms with Crippen molar-refractivity contribution in [1.82, 2.24) is 9.38 Å². The predicted octanol–water partition coefficient (Wildman–Crippen LogP) is 0.966. The van der Waals surface area contributed by atoms with Crippen molar-refractivity contribution in [3.05, 3.63) is 36.2 Å². The molecule has 0 saturated heterocycles. The number of fused-ring (bicyclic) bond motifs is 1. The van der Waals surface area contributed by atoms with Crippen LogP contribution < -0.4 is 0 Å². The maximum atomic E-state index is 12.6. The summed E-state index contributed by atoms with van der Waals surface area (Å²) in [6, 6.07) is 2.69. The van der Waals surface area contributed by atoms with Gasteiger partial charge in [0.25, 0.3) is 0 Å². The molecule has 0 aromatic carbocycles. The second-order valence-electron chi connectivity index (χ2n) is 2.47. The van der Waals surface area contributed by atoms with Crippen LogP contribution >= 0.6 is 0 Å². The molecule has 2 aromatic rings. The third kappa shape index (κ3) is 0.967. The Balaban J connectivity index is 2.73. The second kappa shape index (κ2) is 2.57. The highest BCUT2D eigenvalue weighted by molar-refractivity contribution is 5.45. The van der Waals surface area contributed by atoms with Crippen molar-refractivity contribution in [3.63, 3.8) is 0 Å². The number of rotatable bonds is 1. The lowest BCUT2D eigenvalue weighted by Gasteiger charge is -1.96. The SMILES string of the molecule is OCc1ncc2cc(F)ccn12. The molecule has 0 fully saturated rings. The molecule has 0 amide bonds. The monoisotopic (exact) mass is 166 g/mol. The zero-order valence-corrected chi connectivity index (χ0v) is 6.24. The van der Waals surface area contributed by atoms with Crippen molar-refractivity contribution in [2.45, 2.75) is 6.61 Å². The summed E-state index contributed by atoms with van der Waals surface area (Å²) in [6.45, 7) is -0.139. The Morgan fingerprint density at radius 2 is 2.42 bits per heavy atom. The normalized spacial score (nSPS) is 10.8. The first-order valence-electron chi connectivity index (χ1n) is 3.53. The lowest BCUT2D eigenvalue weighted by molar-refractivity contribution is 0.270. The molecule has 0 unspecified atom stereocenters. The summed E-state index contributed by atoms with van der Waals surface area (Å²) in [5.41, 5.74) is 0.652. The third-order valence-electron chi connectivity index (χ3n) is 1.71. The second-order valence-corrected chi connectivity index (χ2v) is 2.47. The molecule has 3 nitrogen and oxygen atoms in total. The molecule has 0 aliphatic carbocycles. The summed E-state index contributed by atoms with van der Waals surface area (Å²) >= 11 is 0. The summed E-state index contributed by atoms with van der Waals surface area (Å²) in [5.74, 6) is 0.219. The van der Waals surface area contributed by atoms with Crippen molar-refractivity contribution in [3.8, 4) is 0 Å². The average Bonchev–Trinajstić information content (AvgIpc) is 2.46. The Hall–Kier alpha value is -1.42. The number of aliphatic hydroxyl groups is 1. The van der Waals surface area contributed by atoms with Crippen LogP contribution in [0.3, 0.4) is 0 Å². The first-order chi connectivity index (χ1) is 5.81. The van der Waals surface area contributed by atoms with Crippen LogP contribution in [0, 0.1) is 5.82 Å². The fourth-order valence-corrected chi connectivity index (χ4v) is 1.15. The third-order valence-corrected chi connectivity index (χ3v) is 1.71. The smallest absolute Gasteiger partial charge is 0.139 e. The minimum absolute atomic E-state index is 0.139. The van der Waals surface area contributed by atoms with E-state index in [0.717, 1.165) is 0 Å². The van der Waals surface area contributed by atoms with Gasteiger partial charge in [0, 0.05) is 6.20 Å². The molecular formula is C8H7FN2O. The van der Waals surface area contributed by atoms with E-state index in [0.29, 0.717) is 11.3 Å². The van der Waals surface area contributed by atoms with E-state index >= 15 is 0 Å². The van der Waals surface area contributed by atoms with E-state index in [1.165, 1.54) is 18.3 Å². The quantitative estimate of drug-likeness (QED) is 0.685. The van der Waals surface area contributed by atoms with Crippen molar-refractivity contribution in [2.24, 2.45) is 0 Å². The van der Waals surface area contributed by atoms with Crippen molar-refractivity contribution in [2.75, 3.05) is 0 Å². The first-order valence-corrected chi connectivity index (χ1v) is 3.53. The van der Waals surface area contributed by atoms with Crippen LogP contribution in [0.25, 0.3) is 5.52 Å². The lowest BCUT2D eigenvalue weighted by Crippen LogP contribution is -1.93. The Kier molecular flexibility index (Phi) is 1.55. The molecule has 0 aliphatic heterocycles. The highest BCUT2D eigenvalue weighted by atomic mass is 19.1. The lowest BCUT2D eigenvalue weighted by atomic mass is 10.4. The van der Waals surface area contributed by atoms with Crippen molar-refractivity contribution < 1.29 is 9.50 Å². The molecule has 0 spiro atoms. The van der Waals surface area contributed by atoms with Gasteiger partial charge in [0.1, 0.15) is 18.2 Å². The van der Waals surface area contributed by atoms with E-state index in [9.17, 15) is 4.39 Å². The number of nitrogens with zero attached hydrogens (tertiary/aromatic N) is 2. The Morgan fingerprint density at radius 3 is 3.17 bits per heavy atom. The fraction of sp³-hybridized carbons (Fsp3) is 0.125. The van der Waals surface area contributed by atoms with Gasteiger partial charge in [0.15, 0.2) is 0 Å². The molecule has 0 radical (unpaired) electrons. The number of hydrogen-bond donors (Lipinski definition) is 1. The van der Waals surface area contributed by atoms with Crippen LogP contribution in [0.5, 0.6) is 0 Å². The van der Waals surface area contributed by atoms with Gasteiger partial charge in [-0.25, -0.2) is 9.37 Å². The highest BCUT2D eigenvalue weighted by Crippen LogP contribution is 2.08. The van der Waals surface area contributed by atoms with Gasteiger partial charge in [0.05, 0.1) is 11.7 Å². The number of halogens is 1. The number of imidazole rings is 1. The van der Waals surface area contributed by atoms with Gasteiger partial charge in [0.2, 0.25) is 0 Å². The largest absolute Gasteiger partial charge is 0.388 e. The number of hydrogen-bond acceptors (Lipinski definition) is 2. The zero-order chi connectivity index (χ0) is 8.55. The van der Waals surface area contributed by atoms with E-state index in [4.69, 9.17) is 5.11 Å². The Bertz CT molecular complexity index is 410. The average molecular weight is 166 g/mol. The van der Waals surface area contributed by atoms with Crippen LogP contribution in [-0.4, -0.2) is 14.5 Å². The van der Waals surface area contributed by atoms with Crippen LogP contribution in [0.1, 0.15) is 5.82 Å². The van der Waals surface area contributed by atoms with Gasteiger partial charge in [-0.05, 0) is 12.1 Å². The maximum Gasteiger partial charge on any atom is 0.139 e. The zero-order valence-electron chi connectivity index (χ0n) is 6.24. The van der Waals surface area contributed by atoms with Gasteiger partial charge in [-0.2, -0.15) is 0 Å². The van der Waals surface area contributed by atoms with Gasteiger partial charge in [-0.3, -0.25) is 0 Å². The Morgan fingerprint density at radius 1 is 1.58 bits per heavy atom.